The highest BCUT2D eigenvalue weighted by Crippen LogP contribution is 2.11. The van der Waals surface area contributed by atoms with E-state index in [0.717, 1.165) is 25.7 Å². The second-order valence-corrected chi connectivity index (χ2v) is 8.53. The molecule has 2 atom stereocenters. The number of esters is 1. The predicted molar refractivity (Wildman–Crippen MR) is 128 cm³/mol. The van der Waals surface area contributed by atoms with E-state index >= 15 is 0 Å². The van der Waals surface area contributed by atoms with E-state index in [-0.39, 0.29) is 31.7 Å². The van der Waals surface area contributed by atoms with E-state index in [1.165, 1.54) is 57.8 Å². The SMILES string of the molecule is CCCCCCCC(O)CCCC(=O)O.CCCCCCCCCC(=O)OCC(O)CO. The summed E-state index contributed by atoms with van der Waals surface area (Å²) in [6.45, 7) is 3.90. The number of ether oxygens (including phenoxy) is 1. The van der Waals surface area contributed by atoms with Crippen LogP contribution in [-0.4, -0.2) is 57.8 Å². The molecule has 0 spiro atoms. The molecule has 4 N–H and O–H groups in total. The van der Waals surface area contributed by atoms with E-state index in [0.29, 0.717) is 19.3 Å². The van der Waals surface area contributed by atoms with Crippen molar-refractivity contribution in [3.8, 4) is 0 Å². The van der Waals surface area contributed by atoms with Crippen molar-refractivity contribution in [2.24, 2.45) is 0 Å². The van der Waals surface area contributed by atoms with Gasteiger partial charge in [-0.25, -0.2) is 0 Å². The number of hydrogen-bond acceptors (Lipinski definition) is 6. The molecular formula is C25H50O7. The standard InChI is InChI=1S/C13H26O4.C12H24O3/c1-2-3-4-5-6-7-8-9-13(16)17-11-12(15)10-14;1-2-3-4-5-6-8-11(13)9-7-10-12(14)15/h12,14-15H,2-11H2,1H3;11,13H,2-10H2,1H3,(H,14,15). The Kier molecular flexibility index (Phi) is 26.9. The molecule has 0 rings (SSSR count). The van der Waals surface area contributed by atoms with Crippen molar-refractivity contribution in [2.75, 3.05) is 13.2 Å². The molecule has 0 saturated carbocycles. The van der Waals surface area contributed by atoms with Crippen LogP contribution in [0.2, 0.25) is 0 Å². The van der Waals surface area contributed by atoms with Crippen molar-refractivity contribution in [2.45, 2.75) is 135 Å². The molecule has 0 aromatic heterocycles. The number of rotatable bonds is 21. The number of carbonyl (C=O) groups is 2. The van der Waals surface area contributed by atoms with Crippen molar-refractivity contribution in [1.29, 1.82) is 0 Å². The molecule has 192 valence electrons. The first-order valence-corrected chi connectivity index (χ1v) is 12.7. The monoisotopic (exact) mass is 462 g/mol. The maximum absolute atomic E-state index is 11.2. The minimum absolute atomic E-state index is 0.105. The summed E-state index contributed by atoms with van der Waals surface area (Å²) in [7, 11) is 0. The van der Waals surface area contributed by atoms with Gasteiger partial charge in [-0.1, -0.05) is 84.5 Å². The molecule has 0 radical (unpaired) electrons. The van der Waals surface area contributed by atoms with Crippen LogP contribution in [0.15, 0.2) is 0 Å². The quantitative estimate of drug-likeness (QED) is 0.140. The summed E-state index contributed by atoms with van der Waals surface area (Å²) in [6, 6.07) is 0. The lowest BCUT2D eigenvalue weighted by molar-refractivity contribution is -0.147. The third-order valence-corrected chi connectivity index (χ3v) is 5.20. The molecular weight excluding hydrogens is 412 g/mol. The van der Waals surface area contributed by atoms with Crippen LogP contribution < -0.4 is 0 Å². The molecule has 0 saturated heterocycles. The summed E-state index contributed by atoms with van der Waals surface area (Å²) < 4.78 is 4.79. The average Bonchev–Trinajstić information content (AvgIpc) is 2.76. The van der Waals surface area contributed by atoms with Crippen LogP contribution in [0.25, 0.3) is 0 Å². The van der Waals surface area contributed by atoms with Crippen molar-refractivity contribution < 1.29 is 34.8 Å². The molecule has 32 heavy (non-hydrogen) atoms. The Morgan fingerprint density at radius 1 is 0.688 bits per heavy atom. The highest BCUT2D eigenvalue weighted by Gasteiger charge is 2.07. The number of carboxylic acid groups (broad SMARTS) is 1. The number of carboxylic acids is 1. The van der Waals surface area contributed by atoms with Crippen molar-refractivity contribution >= 4 is 11.9 Å². The van der Waals surface area contributed by atoms with E-state index in [9.17, 15) is 14.7 Å². The summed E-state index contributed by atoms with van der Waals surface area (Å²) in [6.07, 6.45) is 15.5. The van der Waals surface area contributed by atoms with Gasteiger partial charge in [-0.15, -0.1) is 0 Å². The second kappa shape index (κ2) is 26.1. The zero-order chi connectivity index (χ0) is 24.5. The van der Waals surface area contributed by atoms with E-state index in [1.54, 1.807) is 0 Å². The van der Waals surface area contributed by atoms with Crippen LogP contribution >= 0.6 is 0 Å². The van der Waals surface area contributed by atoms with Gasteiger partial charge < -0.3 is 25.2 Å². The number of hydrogen-bond donors (Lipinski definition) is 4. The second-order valence-electron chi connectivity index (χ2n) is 8.53. The van der Waals surface area contributed by atoms with Gasteiger partial charge in [0.2, 0.25) is 0 Å². The van der Waals surface area contributed by atoms with Gasteiger partial charge in [0, 0.05) is 12.8 Å². The lowest BCUT2D eigenvalue weighted by Gasteiger charge is -2.09. The van der Waals surface area contributed by atoms with Crippen LogP contribution in [0.1, 0.15) is 123 Å². The highest BCUT2D eigenvalue weighted by molar-refractivity contribution is 5.69. The number of aliphatic hydroxyl groups excluding tert-OH is 3. The van der Waals surface area contributed by atoms with E-state index in [2.05, 4.69) is 13.8 Å². The molecule has 7 heteroatoms. The highest BCUT2D eigenvalue weighted by atomic mass is 16.5. The molecule has 0 aliphatic carbocycles. The largest absolute Gasteiger partial charge is 0.481 e. The Morgan fingerprint density at radius 3 is 1.72 bits per heavy atom. The number of carbonyl (C=O) groups excluding carboxylic acids is 1. The first-order chi connectivity index (χ1) is 15.4. The van der Waals surface area contributed by atoms with Crippen molar-refractivity contribution in [3.05, 3.63) is 0 Å². The molecule has 0 aliphatic rings. The fourth-order valence-electron chi connectivity index (χ4n) is 3.16. The van der Waals surface area contributed by atoms with Gasteiger partial charge in [-0.2, -0.15) is 0 Å². The van der Waals surface area contributed by atoms with E-state index in [4.69, 9.17) is 20.1 Å². The van der Waals surface area contributed by atoms with Gasteiger partial charge in [-0.3, -0.25) is 9.59 Å². The summed E-state index contributed by atoms with van der Waals surface area (Å²) in [5.74, 6) is -1.06. The zero-order valence-electron chi connectivity index (χ0n) is 20.6. The maximum atomic E-state index is 11.2. The van der Waals surface area contributed by atoms with Crippen molar-refractivity contribution in [3.63, 3.8) is 0 Å². The average molecular weight is 463 g/mol. The third-order valence-electron chi connectivity index (χ3n) is 5.20. The third kappa shape index (κ3) is 28.8. The fourth-order valence-corrected chi connectivity index (χ4v) is 3.16. The van der Waals surface area contributed by atoms with Crippen LogP contribution in [0.5, 0.6) is 0 Å². The first-order valence-electron chi connectivity index (χ1n) is 12.7. The van der Waals surface area contributed by atoms with E-state index in [1.807, 2.05) is 0 Å². The van der Waals surface area contributed by atoms with Crippen molar-refractivity contribution in [1.82, 2.24) is 0 Å². The summed E-state index contributed by atoms with van der Waals surface area (Å²) in [5.41, 5.74) is 0. The normalized spacial score (nSPS) is 12.5. The molecule has 0 aromatic rings. The lowest BCUT2D eigenvalue weighted by Crippen LogP contribution is -2.21. The Hall–Kier alpha value is -1.18. The Bertz CT molecular complexity index is 415. The molecule has 0 bridgehead atoms. The molecule has 0 aromatic carbocycles. The van der Waals surface area contributed by atoms with E-state index < -0.39 is 12.1 Å². The molecule has 0 heterocycles. The summed E-state index contributed by atoms with van der Waals surface area (Å²) in [5, 5.41) is 35.4. The maximum Gasteiger partial charge on any atom is 0.305 e. The van der Waals surface area contributed by atoms with Gasteiger partial charge in [-0.05, 0) is 25.7 Å². The minimum Gasteiger partial charge on any atom is -0.481 e. The predicted octanol–water partition coefficient (Wildman–Crippen LogP) is 4.99. The zero-order valence-corrected chi connectivity index (χ0v) is 20.6. The van der Waals surface area contributed by atoms with Gasteiger partial charge in [0.05, 0.1) is 12.7 Å². The molecule has 0 aliphatic heterocycles. The van der Waals surface area contributed by atoms with Gasteiger partial charge in [0.15, 0.2) is 0 Å². The summed E-state index contributed by atoms with van der Waals surface area (Å²) >= 11 is 0. The Labute approximate surface area is 195 Å². The summed E-state index contributed by atoms with van der Waals surface area (Å²) in [4.78, 5) is 21.4. The number of unbranched alkanes of at least 4 members (excludes halogenated alkanes) is 10. The number of aliphatic carboxylic acids is 1. The van der Waals surface area contributed by atoms with Gasteiger partial charge in [0.25, 0.3) is 0 Å². The van der Waals surface area contributed by atoms with Crippen LogP contribution in [0.4, 0.5) is 0 Å². The minimum atomic E-state index is -0.951. The van der Waals surface area contributed by atoms with Gasteiger partial charge >= 0.3 is 11.9 Å². The van der Waals surface area contributed by atoms with Gasteiger partial charge in [0.1, 0.15) is 12.7 Å². The number of aliphatic hydroxyl groups is 3. The smallest absolute Gasteiger partial charge is 0.305 e. The topological polar surface area (TPSA) is 124 Å². The lowest BCUT2D eigenvalue weighted by atomic mass is 10.0. The Balaban J connectivity index is 0. The fraction of sp³-hybridized carbons (Fsp3) is 0.920. The molecule has 7 nitrogen and oxygen atoms in total. The van der Waals surface area contributed by atoms with Crippen LogP contribution in [-0.2, 0) is 14.3 Å². The first kappa shape index (κ1) is 33.0. The molecule has 2 unspecified atom stereocenters. The Morgan fingerprint density at radius 2 is 1.19 bits per heavy atom. The van der Waals surface area contributed by atoms with Crippen LogP contribution in [0.3, 0.4) is 0 Å². The molecule has 0 amide bonds. The van der Waals surface area contributed by atoms with Crippen LogP contribution in [0, 0.1) is 0 Å². The molecule has 0 fully saturated rings.